The fraction of sp³-hybridized carbons (Fsp3) is 0.471. The molecule has 0 spiro atoms. The van der Waals surface area contributed by atoms with E-state index >= 15 is 0 Å². The van der Waals surface area contributed by atoms with Gasteiger partial charge in [-0.05, 0) is 38.4 Å². The van der Waals surface area contributed by atoms with Gasteiger partial charge in [-0.25, -0.2) is 0 Å². The number of nitrogens with one attached hydrogen (secondary N) is 1. The van der Waals surface area contributed by atoms with Gasteiger partial charge in [-0.1, -0.05) is 0 Å². The third-order valence-corrected chi connectivity index (χ3v) is 5.07. The van der Waals surface area contributed by atoms with Gasteiger partial charge in [-0.3, -0.25) is 19.7 Å². The quantitative estimate of drug-likeness (QED) is 0.916. The Bertz CT molecular complexity index is 685. The summed E-state index contributed by atoms with van der Waals surface area (Å²) in [5.41, 5.74) is 1.83. The largest absolute Gasteiger partial charge is 0.351 e. The van der Waals surface area contributed by atoms with Crippen LogP contribution in [0.2, 0.25) is 0 Å². The van der Waals surface area contributed by atoms with Crippen LogP contribution in [0.25, 0.3) is 0 Å². The molecule has 1 amide bonds. The van der Waals surface area contributed by atoms with Gasteiger partial charge in [0.2, 0.25) is 5.91 Å². The summed E-state index contributed by atoms with van der Waals surface area (Å²) in [5.74, 6) is -0.0484. The number of likely N-dealkylation sites (tertiary alicyclic amines) is 1. The molecule has 122 valence electrons. The molecule has 0 radical (unpaired) electrons. The Morgan fingerprint density at radius 1 is 1.43 bits per heavy atom. The van der Waals surface area contributed by atoms with Gasteiger partial charge in [0, 0.05) is 23.2 Å². The standard InChI is InChI=1S/C17H22N4OS/c1-12-5-6-15(23-12)11-21-7-3-4-17(21)16-10-18-8-14(20-16)9-19-13(2)22/h5-6,8,10,17H,3-4,7,9,11H2,1-2H3,(H,19,22). The minimum atomic E-state index is -0.0484. The van der Waals surface area contributed by atoms with Crippen molar-refractivity contribution in [2.45, 2.75) is 45.8 Å². The van der Waals surface area contributed by atoms with E-state index in [1.807, 2.05) is 17.5 Å². The number of rotatable bonds is 5. The lowest BCUT2D eigenvalue weighted by Crippen LogP contribution is -2.24. The van der Waals surface area contributed by atoms with Crippen LogP contribution in [0.15, 0.2) is 24.5 Å². The molecule has 2 aromatic rings. The van der Waals surface area contributed by atoms with Crippen molar-refractivity contribution < 1.29 is 4.79 Å². The van der Waals surface area contributed by atoms with Crippen molar-refractivity contribution in [1.82, 2.24) is 20.2 Å². The van der Waals surface area contributed by atoms with Crippen LogP contribution in [0.1, 0.15) is 46.9 Å². The molecule has 1 atom stereocenters. The third kappa shape index (κ3) is 4.14. The first-order chi connectivity index (χ1) is 11.1. The minimum Gasteiger partial charge on any atom is -0.351 e. The number of carbonyl (C=O) groups excluding carboxylic acids is 1. The van der Waals surface area contributed by atoms with Crippen molar-refractivity contribution in [2.24, 2.45) is 0 Å². The molecular weight excluding hydrogens is 308 g/mol. The lowest BCUT2D eigenvalue weighted by molar-refractivity contribution is -0.119. The van der Waals surface area contributed by atoms with Crippen LogP contribution in [-0.2, 0) is 17.9 Å². The Morgan fingerprint density at radius 3 is 3.04 bits per heavy atom. The zero-order chi connectivity index (χ0) is 16.2. The van der Waals surface area contributed by atoms with Crippen molar-refractivity contribution in [3.05, 3.63) is 45.7 Å². The second-order valence-corrected chi connectivity index (χ2v) is 7.36. The first-order valence-electron chi connectivity index (χ1n) is 7.96. The molecule has 1 fully saturated rings. The average molecular weight is 330 g/mol. The predicted molar refractivity (Wildman–Crippen MR) is 91.0 cm³/mol. The van der Waals surface area contributed by atoms with E-state index in [0.29, 0.717) is 12.6 Å². The highest BCUT2D eigenvalue weighted by atomic mass is 32.1. The van der Waals surface area contributed by atoms with E-state index in [1.54, 1.807) is 6.20 Å². The molecule has 0 aromatic carbocycles. The van der Waals surface area contributed by atoms with Crippen molar-refractivity contribution in [3.8, 4) is 0 Å². The lowest BCUT2D eigenvalue weighted by atomic mass is 10.1. The lowest BCUT2D eigenvalue weighted by Gasteiger charge is -2.23. The van der Waals surface area contributed by atoms with Crippen LogP contribution in [-0.4, -0.2) is 27.3 Å². The van der Waals surface area contributed by atoms with E-state index in [4.69, 9.17) is 4.98 Å². The second kappa shape index (κ2) is 7.19. The predicted octanol–water partition coefficient (Wildman–Crippen LogP) is 2.82. The van der Waals surface area contributed by atoms with Crippen LogP contribution >= 0.6 is 11.3 Å². The van der Waals surface area contributed by atoms with Crippen molar-refractivity contribution >= 4 is 17.2 Å². The summed E-state index contributed by atoms with van der Waals surface area (Å²) in [6, 6.07) is 4.72. The first-order valence-corrected chi connectivity index (χ1v) is 8.78. The molecular formula is C17H22N4OS. The van der Waals surface area contributed by atoms with Crippen molar-refractivity contribution in [2.75, 3.05) is 6.54 Å². The van der Waals surface area contributed by atoms with Crippen molar-refractivity contribution in [1.29, 1.82) is 0 Å². The Balaban J connectivity index is 1.71. The molecule has 3 rings (SSSR count). The summed E-state index contributed by atoms with van der Waals surface area (Å²) in [5, 5.41) is 2.78. The number of nitrogens with zero attached hydrogens (tertiary/aromatic N) is 3. The molecule has 1 saturated heterocycles. The fourth-order valence-corrected chi connectivity index (χ4v) is 3.92. The number of thiophene rings is 1. The summed E-state index contributed by atoms with van der Waals surface area (Å²) in [6.07, 6.45) is 5.89. The molecule has 5 nitrogen and oxygen atoms in total. The minimum absolute atomic E-state index is 0.0484. The van der Waals surface area contributed by atoms with Gasteiger partial charge >= 0.3 is 0 Å². The molecule has 1 unspecified atom stereocenters. The maximum atomic E-state index is 11.0. The summed E-state index contributed by atoms with van der Waals surface area (Å²) < 4.78 is 0. The molecule has 1 aliphatic heterocycles. The molecule has 0 bridgehead atoms. The molecule has 2 aromatic heterocycles. The number of aryl methyl sites for hydroxylation is 1. The number of hydrogen-bond acceptors (Lipinski definition) is 5. The maximum Gasteiger partial charge on any atom is 0.217 e. The topological polar surface area (TPSA) is 58.1 Å². The van der Waals surface area contributed by atoms with Gasteiger partial charge < -0.3 is 5.32 Å². The highest BCUT2D eigenvalue weighted by molar-refractivity contribution is 7.11. The maximum absolute atomic E-state index is 11.0. The zero-order valence-corrected chi connectivity index (χ0v) is 14.4. The summed E-state index contributed by atoms with van der Waals surface area (Å²) >= 11 is 1.86. The normalized spacial score (nSPS) is 18.3. The Hall–Kier alpha value is -1.79. The van der Waals surface area contributed by atoms with Crippen LogP contribution in [0.5, 0.6) is 0 Å². The monoisotopic (exact) mass is 330 g/mol. The molecule has 3 heterocycles. The Labute approximate surface area is 140 Å². The van der Waals surface area contributed by atoms with Crippen LogP contribution in [0, 0.1) is 6.92 Å². The van der Waals surface area contributed by atoms with E-state index in [-0.39, 0.29) is 5.91 Å². The van der Waals surface area contributed by atoms with Gasteiger partial charge in [0.15, 0.2) is 0 Å². The van der Waals surface area contributed by atoms with E-state index in [1.165, 1.54) is 23.1 Å². The SMILES string of the molecule is CC(=O)NCc1cncc(C2CCCN2Cc2ccc(C)s2)n1. The number of aromatic nitrogens is 2. The number of amides is 1. The van der Waals surface area contributed by atoms with Gasteiger partial charge in [0.05, 0.1) is 36.4 Å². The van der Waals surface area contributed by atoms with E-state index in [0.717, 1.165) is 30.9 Å². The molecule has 0 saturated carbocycles. The van der Waals surface area contributed by atoms with Gasteiger partial charge in [-0.2, -0.15) is 0 Å². The first kappa shape index (κ1) is 16.1. The van der Waals surface area contributed by atoms with Crippen LogP contribution in [0.4, 0.5) is 0 Å². The Morgan fingerprint density at radius 2 is 2.30 bits per heavy atom. The number of carbonyl (C=O) groups is 1. The van der Waals surface area contributed by atoms with Gasteiger partial charge in [0.1, 0.15) is 0 Å². The highest BCUT2D eigenvalue weighted by Crippen LogP contribution is 2.33. The Kier molecular flexibility index (Phi) is 5.03. The molecule has 1 aliphatic rings. The second-order valence-electron chi connectivity index (χ2n) is 5.99. The summed E-state index contributed by atoms with van der Waals surface area (Å²) in [4.78, 5) is 25.3. The molecule has 0 aliphatic carbocycles. The van der Waals surface area contributed by atoms with Gasteiger partial charge in [-0.15, -0.1) is 11.3 Å². The average Bonchev–Trinajstić information content (AvgIpc) is 3.15. The van der Waals surface area contributed by atoms with Gasteiger partial charge in [0.25, 0.3) is 0 Å². The summed E-state index contributed by atoms with van der Waals surface area (Å²) in [7, 11) is 0. The molecule has 23 heavy (non-hydrogen) atoms. The smallest absolute Gasteiger partial charge is 0.217 e. The highest BCUT2D eigenvalue weighted by Gasteiger charge is 2.27. The molecule has 1 N–H and O–H groups in total. The van der Waals surface area contributed by atoms with Crippen LogP contribution < -0.4 is 5.32 Å². The van der Waals surface area contributed by atoms with E-state index < -0.39 is 0 Å². The molecule has 6 heteroatoms. The zero-order valence-electron chi connectivity index (χ0n) is 13.6. The van der Waals surface area contributed by atoms with Crippen LogP contribution in [0.3, 0.4) is 0 Å². The third-order valence-electron chi connectivity index (χ3n) is 4.08. The summed E-state index contributed by atoms with van der Waals surface area (Å²) in [6.45, 7) is 6.17. The van der Waals surface area contributed by atoms with Crippen molar-refractivity contribution in [3.63, 3.8) is 0 Å². The number of hydrogen-bond donors (Lipinski definition) is 1. The van der Waals surface area contributed by atoms with E-state index in [9.17, 15) is 4.79 Å². The van der Waals surface area contributed by atoms with E-state index in [2.05, 4.69) is 34.3 Å². The fourth-order valence-electron chi connectivity index (χ4n) is 3.00.